The maximum atomic E-state index is 13.5. The van der Waals surface area contributed by atoms with E-state index in [1.54, 1.807) is 12.1 Å². The Kier molecular flexibility index (Phi) is 4.52. The van der Waals surface area contributed by atoms with Crippen molar-refractivity contribution in [3.05, 3.63) is 34.1 Å². The third-order valence-electron chi connectivity index (χ3n) is 3.01. The van der Waals surface area contributed by atoms with Gasteiger partial charge in [-0.25, -0.2) is 4.39 Å². The summed E-state index contributed by atoms with van der Waals surface area (Å²) in [6, 6.07) is 4.27. The third-order valence-corrected chi connectivity index (χ3v) is 3.51. The number of amides is 2. The molecule has 19 heavy (non-hydrogen) atoms. The van der Waals surface area contributed by atoms with Crippen LogP contribution >= 0.6 is 15.9 Å². The van der Waals surface area contributed by atoms with Crippen LogP contribution in [0.1, 0.15) is 18.4 Å². The van der Waals surface area contributed by atoms with Gasteiger partial charge in [-0.05, 0) is 36.6 Å². The van der Waals surface area contributed by atoms with Crippen LogP contribution < -0.4 is 10.6 Å². The molecule has 1 fully saturated rings. The van der Waals surface area contributed by atoms with Gasteiger partial charge in [-0.1, -0.05) is 15.9 Å². The molecule has 2 N–H and O–H groups in total. The highest BCUT2D eigenvalue weighted by Crippen LogP contribution is 2.15. The highest BCUT2D eigenvalue weighted by Gasteiger charge is 2.26. The van der Waals surface area contributed by atoms with Gasteiger partial charge in [0.25, 0.3) is 0 Å². The maximum absolute atomic E-state index is 13.5. The third kappa shape index (κ3) is 3.76. The van der Waals surface area contributed by atoms with Crippen molar-refractivity contribution in [1.29, 1.82) is 0 Å². The first-order chi connectivity index (χ1) is 9.06. The number of carbonyl (C=O) groups excluding carboxylic acids is 2. The standard InChI is InChI=1S/C13H14BrFN2O2/c14-9-1-2-10(15)8(7-9)5-6-16-13(19)11-3-4-12(18)17-11/h1-2,7,11H,3-6H2,(H,16,19)(H,17,18)/t11-/m1/s1. The smallest absolute Gasteiger partial charge is 0.242 e. The topological polar surface area (TPSA) is 58.2 Å². The fraction of sp³-hybridized carbons (Fsp3) is 0.385. The van der Waals surface area contributed by atoms with Crippen LogP contribution in [0.25, 0.3) is 0 Å². The first-order valence-electron chi connectivity index (χ1n) is 6.07. The number of nitrogens with one attached hydrogen (secondary N) is 2. The van der Waals surface area contributed by atoms with Gasteiger partial charge in [0, 0.05) is 17.4 Å². The Morgan fingerprint density at radius 3 is 3.00 bits per heavy atom. The minimum absolute atomic E-state index is 0.0989. The molecule has 0 bridgehead atoms. The number of halogens is 2. The molecule has 2 amide bonds. The Hall–Kier alpha value is -1.43. The van der Waals surface area contributed by atoms with Gasteiger partial charge in [-0.2, -0.15) is 0 Å². The maximum Gasteiger partial charge on any atom is 0.242 e. The first-order valence-corrected chi connectivity index (χ1v) is 6.86. The van der Waals surface area contributed by atoms with Crippen LogP contribution in [0.5, 0.6) is 0 Å². The van der Waals surface area contributed by atoms with Crippen LogP contribution in [0.2, 0.25) is 0 Å². The molecule has 102 valence electrons. The molecule has 0 aliphatic carbocycles. The number of hydrogen-bond donors (Lipinski definition) is 2. The monoisotopic (exact) mass is 328 g/mol. The lowest BCUT2D eigenvalue weighted by atomic mass is 10.1. The van der Waals surface area contributed by atoms with Gasteiger partial charge in [0.15, 0.2) is 0 Å². The van der Waals surface area contributed by atoms with Crippen molar-refractivity contribution in [3.8, 4) is 0 Å². The number of benzene rings is 1. The first kappa shape index (κ1) is 14.0. The van der Waals surface area contributed by atoms with Crippen molar-refractivity contribution < 1.29 is 14.0 Å². The summed E-state index contributed by atoms with van der Waals surface area (Å²) < 4.78 is 14.3. The van der Waals surface area contributed by atoms with E-state index in [2.05, 4.69) is 26.6 Å². The number of carbonyl (C=O) groups is 2. The lowest BCUT2D eigenvalue weighted by Gasteiger charge is -2.11. The predicted octanol–water partition coefficient (Wildman–Crippen LogP) is 1.53. The van der Waals surface area contributed by atoms with Crippen LogP contribution in [0.4, 0.5) is 4.39 Å². The van der Waals surface area contributed by atoms with Gasteiger partial charge >= 0.3 is 0 Å². The van der Waals surface area contributed by atoms with Crippen LogP contribution in [0.3, 0.4) is 0 Å². The minimum Gasteiger partial charge on any atom is -0.354 e. The van der Waals surface area contributed by atoms with E-state index in [-0.39, 0.29) is 17.6 Å². The molecule has 6 heteroatoms. The second-order valence-electron chi connectivity index (χ2n) is 4.44. The molecule has 1 heterocycles. The van der Waals surface area contributed by atoms with Crippen LogP contribution in [-0.4, -0.2) is 24.4 Å². The van der Waals surface area contributed by atoms with E-state index in [4.69, 9.17) is 0 Å². The normalized spacial score (nSPS) is 18.2. The second kappa shape index (κ2) is 6.14. The van der Waals surface area contributed by atoms with Gasteiger partial charge in [0.1, 0.15) is 11.9 Å². The number of hydrogen-bond acceptors (Lipinski definition) is 2. The molecule has 0 unspecified atom stereocenters. The average Bonchev–Trinajstić information content (AvgIpc) is 2.80. The molecule has 1 atom stereocenters. The molecule has 1 saturated heterocycles. The molecule has 0 saturated carbocycles. The van der Waals surface area contributed by atoms with Gasteiger partial charge in [0.05, 0.1) is 0 Å². The van der Waals surface area contributed by atoms with Gasteiger partial charge in [-0.15, -0.1) is 0 Å². The molecular weight excluding hydrogens is 315 g/mol. The largest absolute Gasteiger partial charge is 0.354 e. The lowest BCUT2D eigenvalue weighted by Crippen LogP contribution is -2.42. The van der Waals surface area contributed by atoms with Gasteiger partial charge in [-0.3, -0.25) is 9.59 Å². The summed E-state index contributed by atoms with van der Waals surface area (Å²) in [5.41, 5.74) is 0.546. The Balaban J connectivity index is 1.81. The van der Waals surface area contributed by atoms with Crippen molar-refractivity contribution in [1.82, 2.24) is 10.6 Å². The summed E-state index contributed by atoms with van der Waals surface area (Å²) in [6.07, 6.45) is 1.33. The zero-order chi connectivity index (χ0) is 13.8. The summed E-state index contributed by atoms with van der Waals surface area (Å²) in [6.45, 7) is 0.346. The van der Waals surface area contributed by atoms with Crippen LogP contribution in [0.15, 0.2) is 22.7 Å². The fourth-order valence-electron chi connectivity index (χ4n) is 1.99. The molecule has 0 aromatic heterocycles. The molecule has 0 radical (unpaired) electrons. The Morgan fingerprint density at radius 1 is 1.53 bits per heavy atom. The summed E-state index contributed by atoms with van der Waals surface area (Å²) in [5, 5.41) is 5.29. The molecule has 4 nitrogen and oxygen atoms in total. The van der Waals surface area contributed by atoms with Crippen molar-refractivity contribution in [2.45, 2.75) is 25.3 Å². The predicted molar refractivity (Wildman–Crippen MR) is 72.0 cm³/mol. The van der Waals surface area contributed by atoms with Crippen LogP contribution in [-0.2, 0) is 16.0 Å². The number of rotatable bonds is 4. The highest BCUT2D eigenvalue weighted by atomic mass is 79.9. The summed E-state index contributed by atoms with van der Waals surface area (Å²) in [4.78, 5) is 22.7. The molecule has 0 spiro atoms. The lowest BCUT2D eigenvalue weighted by molar-refractivity contribution is -0.125. The van der Waals surface area contributed by atoms with E-state index in [9.17, 15) is 14.0 Å². The van der Waals surface area contributed by atoms with Crippen molar-refractivity contribution >= 4 is 27.7 Å². The second-order valence-corrected chi connectivity index (χ2v) is 5.35. The fourth-order valence-corrected chi connectivity index (χ4v) is 2.40. The van der Waals surface area contributed by atoms with E-state index in [1.807, 2.05) is 0 Å². The quantitative estimate of drug-likeness (QED) is 0.880. The van der Waals surface area contributed by atoms with E-state index in [0.717, 1.165) is 4.47 Å². The van der Waals surface area contributed by atoms with Crippen molar-refractivity contribution in [2.75, 3.05) is 6.54 Å². The summed E-state index contributed by atoms with van der Waals surface area (Å²) in [7, 11) is 0. The molecule has 1 aliphatic rings. The Bertz CT molecular complexity index is 507. The van der Waals surface area contributed by atoms with Crippen molar-refractivity contribution in [3.63, 3.8) is 0 Å². The van der Waals surface area contributed by atoms with E-state index in [1.165, 1.54) is 6.07 Å². The summed E-state index contributed by atoms with van der Waals surface area (Å²) in [5.74, 6) is -0.592. The molecule has 2 rings (SSSR count). The van der Waals surface area contributed by atoms with Crippen molar-refractivity contribution in [2.24, 2.45) is 0 Å². The Morgan fingerprint density at radius 2 is 2.32 bits per heavy atom. The van der Waals surface area contributed by atoms with Crippen LogP contribution in [0, 0.1) is 5.82 Å². The van der Waals surface area contributed by atoms with Gasteiger partial charge < -0.3 is 10.6 Å². The zero-order valence-electron chi connectivity index (χ0n) is 10.2. The molecular formula is C13H14BrFN2O2. The van der Waals surface area contributed by atoms with E-state index < -0.39 is 6.04 Å². The average molecular weight is 329 g/mol. The highest BCUT2D eigenvalue weighted by molar-refractivity contribution is 9.10. The summed E-state index contributed by atoms with van der Waals surface area (Å²) >= 11 is 3.28. The molecule has 1 aromatic carbocycles. The SMILES string of the molecule is O=C1CC[C@H](C(=O)NCCc2cc(Br)ccc2F)N1. The van der Waals surface area contributed by atoms with E-state index >= 15 is 0 Å². The Labute approximate surface area is 118 Å². The minimum atomic E-state index is -0.445. The zero-order valence-corrected chi connectivity index (χ0v) is 11.8. The van der Waals surface area contributed by atoms with Gasteiger partial charge in [0.2, 0.25) is 11.8 Å². The molecule has 1 aliphatic heterocycles. The van der Waals surface area contributed by atoms with E-state index in [0.29, 0.717) is 31.4 Å². The molecule has 1 aromatic rings.